The summed E-state index contributed by atoms with van der Waals surface area (Å²) in [6.45, 7) is 1.81. The van der Waals surface area contributed by atoms with Crippen LogP contribution in [0.15, 0.2) is 66.7 Å². The molecule has 2 aromatic rings. The number of carbonyl (C=O) groups is 2. The maximum atomic E-state index is 12.6. The number of likely N-dealkylation sites (tertiary alicyclic amines) is 1. The molecule has 2 fully saturated rings. The van der Waals surface area contributed by atoms with Crippen LogP contribution in [0.5, 0.6) is 0 Å². The van der Waals surface area contributed by atoms with Gasteiger partial charge in [-0.2, -0.15) is 0 Å². The minimum Gasteiger partial charge on any atom is -0.449 e. The lowest BCUT2D eigenvalue weighted by molar-refractivity contribution is 0.00703. The number of ether oxygens (including phenoxy) is 2. The number of cyclic esters (lactones) is 1. The third kappa shape index (κ3) is 5.26. The van der Waals surface area contributed by atoms with Gasteiger partial charge >= 0.3 is 12.2 Å². The molecule has 0 bridgehead atoms. The van der Waals surface area contributed by atoms with E-state index in [2.05, 4.69) is 12.1 Å². The Balaban J connectivity index is 1.29. The van der Waals surface area contributed by atoms with Gasteiger partial charge in [0.1, 0.15) is 6.61 Å². The number of amides is 2. The van der Waals surface area contributed by atoms with E-state index in [0.717, 1.165) is 17.5 Å². The first-order valence-electron chi connectivity index (χ1n) is 10.9. The lowest BCUT2D eigenvalue weighted by Crippen LogP contribution is -2.52. The number of hydrogen-bond donors (Lipinski definition) is 0. The van der Waals surface area contributed by atoms with Crippen molar-refractivity contribution in [3.05, 3.63) is 77.9 Å². The molecule has 2 aliphatic rings. The molecule has 1 atom stereocenters. The highest BCUT2D eigenvalue weighted by atomic mass is 16.6. The topological polar surface area (TPSA) is 59.1 Å². The predicted octanol–water partition coefficient (Wildman–Crippen LogP) is 4.88. The Hall–Kier alpha value is -3.28. The van der Waals surface area contributed by atoms with Crippen molar-refractivity contribution in [2.75, 3.05) is 26.3 Å². The van der Waals surface area contributed by atoms with Crippen molar-refractivity contribution >= 4 is 18.3 Å². The highest BCUT2D eigenvalue weighted by Gasteiger charge is 2.38. The van der Waals surface area contributed by atoms with Crippen LogP contribution >= 0.6 is 0 Å². The second-order valence-electron chi connectivity index (χ2n) is 7.84. The van der Waals surface area contributed by atoms with E-state index >= 15 is 0 Å². The van der Waals surface area contributed by atoms with E-state index in [1.807, 2.05) is 65.6 Å². The molecule has 162 valence electrons. The van der Waals surface area contributed by atoms with Crippen LogP contribution in [0.2, 0.25) is 0 Å². The number of nitrogens with zero attached hydrogens (tertiary/aromatic N) is 2. The molecule has 6 nitrogen and oxygen atoms in total. The van der Waals surface area contributed by atoms with Crippen LogP contribution in [-0.4, -0.2) is 54.3 Å². The predicted molar refractivity (Wildman–Crippen MR) is 118 cm³/mol. The van der Waals surface area contributed by atoms with E-state index in [1.165, 1.54) is 0 Å². The van der Waals surface area contributed by atoms with Crippen LogP contribution < -0.4 is 0 Å². The highest BCUT2D eigenvalue weighted by molar-refractivity contribution is 5.70. The molecule has 2 heterocycles. The number of piperidine rings is 1. The van der Waals surface area contributed by atoms with Crippen molar-refractivity contribution in [1.29, 1.82) is 0 Å². The van der Waals surface area contributed by atoms with Crippen molar-refractivity contribution in [3.63, 3.8) is 0 Å². The standard InChI is InChI=1S/C25H28N2O4/c28-24(30-18-7-10-20-8-3-1-4-9-20)26-16-13-22(14-17-26)27-23(15-19-31-25(27)29)21-11-5-2-6-12-21/h1-12,22-23H,13-19H2/b10-7+. The molecule has 2 aromatic carbocycles. The van der Waals surface area contributed by atoms with Crippen LogP contribution in [0, 0.1) is 0 Å². The summed E-state index contributed by atoms with van der Waals surface area (Å²) in [5, 5.41) is 0. The van der Waals surface area contributed by atoms with Gasteiger partial charge in [-0.05, 0) is 30.0 Å². The van der Waals surface area contributed by atoms with Gasteiger partial charge in [-0.3, -0.25) is 4.90 Å². The summed E-state index contributed by atoms with van der Waals surface area (Å²) >= 11 is 0. The van der Waals surface area contributed by atoms with E-state index in [9.17, 15) is 9.59 Å². The van der Waals surface area contributed by atoms with Crippen molar-refractivity contribution in [2.45, 2.75) is 31.3 Å². The Kier molecular flexibility index (Phi) is 6.87. The van der Waals surface area contributed by atoms with E-state index in [0.29, 0.717) is 32.5 Å². The second kappa shape index (κ2) is 10.2. The highest BCUT2D eigenvalue weighted by Crippen LogP contribution is 2.33. The number of carbonyl (C=O) groups excluding carboxylic acids is 2. The maximum Gasteiger partial charge on any atom is 0.410 e. The van der Waals surface area contributed by atoms with Crippen molar-refractivity contribution in [1.82, 2.24) is 9.80 Å². The normalized spacial score (nSPS) is 20.0. The summed E-state index contributed by atoms with van der Waals surface area (Å²) in [6.07, 6.45) is 5.43. The zero-order valence-corrected chi connectivity index (χ0v) is 17.6. The molecule has 2 saturated heterocycles. The average molecular weight is 421 g/mol. The van der Waals surface area contributed by atoms with E-state index < -0.39 is 0 Å². The molecule has 0 aliphatic carbocycles. The molecule has 6 heteroatoms. The fraction of sp³-hybridized carbons (Fsp3) is 0.360. The molecule has 31 heavy (non-hydrogen) atoms. The molecular weight excluding hydrogens is 392 g/mol. The van der Waals surface area contributed by atoms with Gasteiger partial charge in [0.25, 0.3) is 0 Å². The lowest BCUT2D eigenvalue weighted by atomic mass is 9.96. The van der Waals surface area contributed by atoms with Crippen LogP contribution in [0.4, 0.5) is 9.59 Å². The van der Waals surface area contributed by atoms with E-state index in [-0.39, 0.29) is 30.9 Å². The van der Waals surface area contributed by atoms with E-state index in [1.54, 1.807) is 4.90 Å². The van der Waals surface area contributed by atoms with Gasteiger partial charge in [0.2, 0.25) is 0 Å². The van der Waals surface area contributed by atoms with Gasteiger partial charge in [0.15, 0.2) is 0 Å². The first kappa shape index (κ1) is 21.0. The summed E-state index contributed by atoms with van der Waals surface area (Å²) in [4.78, 5) is 28.6. The largest absolute Gasteiger partial charge is 0.449 e. The summed E-state index contributed by atoms with van der Waals surface area (Å²) < 4.78 is 10.7. The molecule has 0 N–H and O–H groups in total. The number of rotatable bonds is 5. The number of benzene rings is 2. The van der Waals surface area contributed by atoms with Gasteiger partial charge in [-0.25, -0.2) is 9.59 Å². The van der Waals surface area contributed by atoms with Crippen LogP contribution in [0.25, 0.3) is 6.08 Å². The zero-order chi connectivity index (χ0) is 21.5. The Morgan fingerprint density at radius 1 is 1.00 bits per heavy atom. The minimum atomic E-state index is -0.308. The molecule has 0 saturated carbocycles. The molecule has 2 aliphatic heterocycles. The minimum absolute atomic E-state index is 0.0223. The number of hydrogen-bond acceptors (Lipinski definition) is 4. The van der Waals surface area contributed by atoms with E-state index in [4.69, 9.17) is 9.47 Å². The molecule has 0 spiro atoms. The smallest absolute Gasteiger partial charge is 0.410 e. The summed E-state index contributed by atoms with van der Waals surface area (Å²) in [7, 11) is 0. The fourth-order valence-electron chi connectivity index (χ4n) is 4.29. The molecule has 2 amide bonds. The van der Waals surface area contributed by atoms with Gasteiger partial charge in [0, 0.05) is 25.6 Å². The van der Waals surface area contributed by atoms with Crippen molar-refractivity contribution in [3.8, 4) is 0 Å². The van der Waals surface area contributed by atoms with Crippen molar-refractivity contribution in [2.24, 2.45) is 0 Å². The Bertz CT molecular complexity index is 892. The monoisotopic (exact) mass is 420 g/mol. The quantitative estimate of drug-likeness (QED) is 0.691. The lowest BCUT2D eigenvalue weighted by Gasteiger charge is -2.43. The fourth-order valence-corrected chi connectivity index (χ4v) is 4.29. The molecule has 0 aromatic heterocycles. The maximum absolute atomic E-state index is 12.6. The molecule has 1 unspecified atom stereocenters. The zero-order valence-electron chi connectivity index (χ0n) is 17.6. The summed E-state index contributed by atoms with van der Waals surface area (Å²) in [5.41, 5.74) is 2.20. The first-order chi connectivity index (χ1) is 15.2. The molecular formula is C25H28N2O4. The van der Waals surface area contributed by atoms with Gasteiger partial charge in [0.05, 0.1) is 12.6 Å². The first-order valence-corrected chi connectivity index (χ1v) is 10.9. The average Bonchev–Trinajstić information content (AvgIpc) is 2.83. The summed E-state index contributed by atoms with van der Waals surface area (Å²) in [5.74, 6) is 0. The van der Waals surface area contributed by atoms with Gasteiger partial charge in [-0.15, -0.1) is 0 Å². The van der Waals surface area contributed by atoms with Gasteiger partial charge in [-0.1, -0.05) is 66.7 Å². The third-order valence-electron chi connectivity index (χ3n) is 5.88. The Morgan fingerprint density at radius 2 is 1.68 bits per heavy atom. The third-order valence-corrected chi connectivity index (χ3v) is 5.88. The van der Waals surface area contributed by atoms with Crippen LogP contribution in [0.3, 0.4) is 0 Å². The SMILES string of the molecule is O=C(OC/C=C/c1ccccc1)N1CCC(N2C(=O)OCCC2c2ccccc2)CC1. The summed E-state index contributed by atoms with van der Waals surface area (Å²) in [6, 6.07) is 20.1. The Labute approximate surface area is 183 Å². The van der Waals surface area contributed by atoms with Crippen LogP contribution in [0.1, 0.15) is 36.4 Å². The molecule has 0 radical (unpaired) electrons. The van der Waals surface area contributed by atoms with Crippen LogP contribution in [-0.2, 0) is 9.47 Å². The second-order valence-corrected chi connectivity index (χ2v) is 7.84. The molecule has 4 rings (SSSR count). The Morgan fingerprint density at radius 3 is 2.39 bits per heavy atom. The van der Waals surface area contributed by atoms with Gasteiger partial charge < -0.3 is 14.4 Å². The van der Waals surface area contributed by atoms with Crippen molar-refractivity contribution < 1.29 is 19.1 Å².